The Bertz CT molecular complexity index is 1080. The van der Waals surface area contributed by atoms with Gasteiger partial charge < -0.3 is 20.1 Å². The molecule has 0 saturated carbocycles. The molecule has 0 unspecified atom stereocenters. The zero-order chi connectivity index (χ0) is 22.3. The number of carbonyl (C=O) groups excluding carboxylic acids is 1. The highest BCUT2D eigenvalue weighted by Gasteiger charge is 2.24. The van der Waals surface area contributed by atoms with Crippen molar-refractivity contribution in [1.82, 2.24) is 10.2 Å². The van der Waals surface area contributed by atoms with E-state index in [0.29, 0.717) is 24.7 Å². The fourth-order valence-electron chi connectivity index (χ4n) is 3.98. The number of amides is 2. The number of hydrogen-bond acceptors (Lipinski definition) is 4. The largest absolute Gasteiger partial charge is 0.491 e. The Morgan fingerprint density at radius 2 is 1.94 bits per heavy atom. The normalized spacial score (nSPS) is 16.2. The molecule has 0 radical (unpaired) electrons. The zero-order valence-electron chi connectivity index (χ0n) is 18.1. The summed E-state index contributed by atoms with van der Waals surface area (Å²) in [6, 6.07) is 18.1. The Labute approximate surface area is 187 Å². The minimum atomic E-state index is -0.223. The summed E-state index contributed by atoms with van der Waals surface area (Å²) in [5.74, 6) is 0.465. The van der Waals surface area contributed by atoms with Crippen LogP contribution in [-0.4, -0.2) is 50.4 Å². The van der Waals surface area contributed by atoms with Gasteiger partial charge in [-0.1, -0.05) is 24.3 Å². The molecule has 0 aliphatic carbocycles. The number of likely N-dealkylation sites (tertiary alicyclic amines) is 1. The van der Waals surface area contributed by atoms with E-state index in [9.17, 15) is 9.18 Å². The first kappa shape index (κ1) is 22.0. The van der Waals surface area contributed by atoms with Crippen LogP contribution in [0.2, 0.25) is 0 Å². The van der Waals surface area contributed by atoms with Gasteiger partial charge in [0.2, 0.25) is 0 Å². The van der Waals surface area contributed by atoms with Crippen molar-refractivity contribution in [2.45, 2.75) is 19.0 Å². The molecule has 168 valence electrons. The van der Waals surface area contributed by atoms with Gasteiger partial charge in [-0.3, -0.25) is 4.90 Å². The van der Waals surface area contributed by atoms with Crippen LogP contribution in [0.1, 0.15) is 12.0 Å². The number of halogens is 1. The summed E-state index contributed by atoms with van der Waals surface area (Å²) in [6.45, 7) is 3.46. The molecular formula is C25H28FN3O3. The van der Waals surface area contributed by atoms with Gasteiger partial charge >= 0.3 is 6.03 Å². The summed E-state index contributed by atoms with van der Waals surface area (Å²) in [5, 5.41) is 7.87. The molecule has 0 bridgehead atoms. The molecule has 4 rings (SSSR count). The first-order valence-corrected chi connectivity index (χ1v) is 10.8. The molecule has 3 aromatic carbocycles. The predicted octanol–water partition coefficient (Wildman–Crippen LogP) is 4.40. The maximum absolute atomic E-state index is 13.4. The summed E-state index contributed by atoms with van der Waals surface area (Å²) in [7, 11) is 1.62. The number of methoxy groups -OCH3 is 1. The molecule has 32 heavy (non-hydrogen) atoms. The molecule has 1 heterocycles. The van der Waals surface area contributed by atoms with Crippen molar-refractivity contribution in [2.75, 3.05) is 38.7 Å². The van der Waals surface area contributed by atoms with Gasteiger partial charge in [-0.05, 0) is 53.1 Å². The topological polar surface area (TPSA) is 62.8 Å². The fourth-order valence-corrected chi connectivity index (χ4v) is 3.98. The number of ether oxygens (including phenoxy) is 2. The fraction of sp³-hybridized carbons (Fsp3) is 0.320. The third-order valence-electron chi connectivity index (χ3n) is 5.53. The van der Waals surface area contributed by atoms with Gasteiger partial charge in [0.25, 0.3) is 0 Å². The van der Waals surface area contributed by atoms with Crippen molar-refractivity contribution >= 4 is 22.5 Å². The van der Waals surface area contributed by atoms with E-state index >= 15 is 0 Å². The van der Waals surface area contributed by atoms with E-state index in [4.69, 9.17) is 9.47 Å². The lowest BCUT2D eigenvalue weighted by atomic mass is 10.1. The number of nitrogens with one attached hydrogen (secondary N) is 2. The quantitative estimate of drug-likeness (QED) is 0.513. The second kappa shape index (κ2) is 10.4. The molecule has 1 aliphatic heterocycles. The van der Waals surface area contributed by atoms with E-state index in [1.165, 1.54) is 11.6 Å². The van der Waals surface area contributed by atoms with Gasteiger partial charge in [0.15, 0.2) is 0 Å². The molecule has 0 aromatic heterocycles. The number of hydrogen-bond donors (Lipinski definition) is 2. The maximum atomic E-state index is 13.4. The lowest BCUT2D eigenvalue weighted by molar-refractivity contribution is 0.146. The molecule has 0 spiro atoms. The third kappa shape index (κ3) is 5.96. The van der Waals surface area contributed by atoms with E-state index in [1.54, 1.807) is 19.2 Å². The molecule has 2 N–H and O–H groups in total. The molecule has 1 atom stereocenters. The van der Waals surface area contributed by atoms with Crippen molar-refractivity contribution in [1.29, 1.82) is 0 Å². The van der Waals surface area contributed by atoms with Crippen molar-refractivity contribution in [3.05, 3.63) is 72.0 Å². The standard InChI is InChI=1S/C25H28FN3O3/c1-31-11-12-32-24-4-2-3-22(15-24)27-25(30)28-23-9-10-29(17-23)16-18-5-6-20-14-21(26)8-7-19(20)13-18/h2-8,13-15,23H,9-12,16-17H2,1H3,(H2,27,28,30)/t23-/m1/s1. The Balaban J connectivity index is 1.26. The van der Waals surface area contributed by atoms with Gasteiger partial charge in [-0.25, -0.2) is 9.18 Å². The number of fused-ring (bicyclic) bond motifs is 1. The van der Waals surface area contributed by atoms with Gasteiger partial charge in [0, 0.05) is 44.5 Å². The lowest BCUT2D eigenvalue weighted by Crippen LogP contribution is -2.39. The minimum Gasteiger partial charge on any atom is -0.491 e. The van der Waals surface area contributed by atoms with E-state index in [0.717, 1.165) is 36.8 Å². The Kier molecular flexibility index (Phi) is 7.19. The van der Waals surface area contributed by atoms with Crippen LogP contribution in [0, 0.1) is 5.82 Å². The Hall–Kier alpha value is -3.16. The van der Waals surface area contributed by atoms with Crippen LogP contribution in [0.4, 0.5) is 14.9 Å². The Morgan fingerprint density at radius 3 is 2.81 bits per heavy atom. The van der Waals surface area contributed by atoms with Gasteiger partial charge in [-0.15, -0.1) is 0 Å². The first-order chi connectivity index (χ1) is 15.6. The molecule has 6 nitrogen and oxygen atoms in total. The van der Waals surface area contributed by atoms with Crippen LogP contribution in [0.15, 0.2) is 60.7 Å². The number of anilines is 1. The molecule has 7 heteroatoms. The van der Waals surface area contributed by atoms with E-state index < -0.39 is 0 Å². The third-order valence-corrected chi connectivity index (χ3v) is 5.53. The van der Waals surface area contributed by atoms with Crippen LogP contribution >= 0.6 is 0 Å². The monoisotopic (exact) mass is 437 g/mol. The van der Waals surface area contributed by atoms with Gasteiger partial charge in [0.1, 0.15) is 18.2 Å². The van der Waals surface area contributed by atoms with Crippen LogP contribution in [0.25, 0.3) is 10.8 Å². The van der Waals surface area contributed by atoms with Crippen molar-refractivity contribution < 1.29 is 18.7 Å². The van der Waals surface area contributed by atoms with Crippen molar-refractivity contribution in [2.24, 2.45) is 0 Å². The van der Waals surface area contributed by atoms with E-state index in [-0.39, 0.29) is 17.9 Å². The zero-order valence-corrected chi connectivity index (χ0v) is 18.1. The molecule has 1 aliphatic rings. The summed E-state index contributed by atoms with van der Waals surface area (Å²) < 4.78 is 23.9. The van der Waals surface area contributed by atoms with E-state index in [2.05, 4.69) is 21.6 Å². The number of benzene rings is 3. The SMILES string of the molecule is COCCOc1cccc(NC(=O)N[C@@H]2CCN(Cc3ccc4cc(F)ccc4c3)C2)c1. The van der Waals surface area contributed by atoms with Crippen molar-refractivity contribution in [3.63, 3.8) is 0 Å². The molecule has 1 fully saturated rings. The highest BCUT2D eigenvalue weighted by molar-refractivity contribution is 5.89. The maximum Gasteiger partial charge on any atom is 0.319 e. The first-order valence-electron chi connectivity index (χ1n) is 10.8. The summed E-state index contributed by atoms with van der Waals surface area (Å²) in [4.78, 5) is 14.8. The number of nitrogens with zero attached hydrogens (tertiary/aromatic N) is 1. The van der Waals surface area contributed by atoms with Crippen molar-refractivity contribution in [3.8, 4) is 5.75 Å². The number of rotatable bonds is 8. The smallest absolute Gasteiger partial charge is 0.319 e. The molecule has 1 saturated heterocycles. The highest BCUT2D eigenvalue weighted by atomic mass is 19.1. The van der Waals surface area contributed by atoms with E-state index in [1.807, 2.05) is 36.4 Å². The van der Waals surface area contributed by atoms with Gasteiger partial charge in [0.05, 0.1) is 6.61 Å². The summed E-state index contributed by atoms with van der Waals surface area (Å²) >= 11 is 0. The second-order valence-electron chi connectivity index (χ2n) is 8.01. The summed E-state index contributed by atoms with van der Waals surface area (Å²) in [5.41, 5.74) is 1.86. The van der Waals surface area contributed by atoms with Crippen LogP contribution in [-0.2, 0) is 11.3 Å². The Morgan fingerprint density at radius 1 is 1.09 bits per heavy atom. The average molecular weight is 438 g/mol. The van der Waals surface area contributed by atoms with Crippen LogP contribution < -0.4 is 15.4 Å². The average Bonchev–Trinajstić information content (AvgIpc) is 3.20. The van der Waals surface area contributed by atoms with Crippen LogP contribution in [0.3, 0.4) is 0 Å². The van der Waals surface area contributed by atoms with Gasteiger partial charge in [-0.2, -0.15) is 0 Å². The number of urea groups is 1. The minimum absolute atomic E-state index is 0.0886. The number of carbonyl (C=O) groups is 1. The van der Waals surface area contributed by atoms with Crippen LogP contribution in [0.5, 0.6) is 5.75 Å². The molecule has 3 aromatic rings. The summed E-state index contributed by atoms with van der Waals surface area (Å²) in [6.07, 6.45) is 0.895. The predicted molar refractivity (Wildman–Crippen MR) is 124 cm³/mol. The highest BCUT2D eigenvalue weighted by Crippen LogP contribution is 2.21. The molecule has 2 amide bonds. The lowest BCUT2D eigenvalue weighted by Gasteiger charge is -2.17. The second-order valence-corrected chi connectivity index (χ2v) is 8.01. The molecular weight excluding hydrogens is 409 g/mol.